The Morgan fingerprint density at radius 2 is 1.63 bits per heavy atom. The van der Waals surface area contributed by atoms with Crippen molar-refractivity contribution in [1.29, 1.82) is 0 Å². The molecule has 0 aliphatic carbocycles. The van der Waals surface area contributed by atoms with E-state index >= 15 is 0 Å². The first-order chi connectivity index (χ1) is 13.3. The molecule has 0 bridgehead atoms. The smallest absolute Gasteiger partial charge is 0.365 e. The van der Waals surface area contributed by atoms with E-state index < -0.39 is 5.97 Å². The zero-order valence-electron chi connectivity index (χ0n) is 14.7. The highest BCUT2D eigenvalue weighted by Gasteiger charge is 2.21. The van der Waals surface area contributed by atoms with Gasteiger partial charge in [0.2, 0.25) is 0 Å². The van der Waals surface area contributed by atoms with Crippen molar-refractivity contribution < 1.29 is 19.1 Å². The van der Waals surface area contributed by atoms with E-state index in [1.807, 2.05) is 48.5 Å². The number of fused-ring (bicyclic) bond motifs is 2. The summed E-state index contributed by atoms with van der Waals surface area (Å²) in [4.78, 5) is 17.7. The normalized spacial score (nSPS) is 13.7. The molecule has 134 valence electrons. The summed E-state index contributed by atoms with van der Waals surface area (Å²) < 4.78 is 11.0. The number of para-hydroxylation sites is 1. The van der Waals surface area contributed by atoms with Gasteiger partial charge in [0.25, 0.3) is 0 Å². The van der Waals surface area contributed by atoms with Crippen molar-refractivity contribution in [3.05, 3.63) is 95.1 Å². The van der Waals surface area contributed by atoms with Crippen molar-refractivity contribution in [2.45, 2.75) is 6.61 Å². The summed E-state index contributed by atoms with van der Waals surface area (Å²) in [7, 11) is 1.57. The standard InChI is InChI=1S/C22H17NO4/c1-25-17-12-10-15(11-13-17)22(24)27-23-21-18-7-3-2-6-16(18)14-26-20-9-5-4-8-19(20)21/h2-13H,14H2,1H3/b23-21-. The quantitative estimate of drug-likeness (QED) is 0.520. The first-order valence-corrected chi connectivity index (χ1v) is 8.50. The third-order valence-electron chi connectivity index (χ3n) is 4.34. The lowest BCUT2D eigenvalue weighted by Gasteiger charge is -2.08. The molecule has 3 aromatic carbocycles. The van der Waals surface area contributed by atoms with Crippen LogP contribution in [-0.2, 0) is 11.4 Å². The Kier molecular flexibility index (Phi) is 4.58. The lowest BCUT2D eigenvalue weighted by atomic mass is 9.98. The Balaban J connectivity index is 1.70. The third kappa shape index (κ3) is 3.40. The number of oxime groups is 1. The second-order valence-electron chi connectivity index (χ2n) is 5.99. The van der Waals surface area contributed by atoms with Crippen molar-refractivity contribution in [2.75, 3.05) is 7.11 Å². The molecule has 0 atom stereocenters. The Labute approximate surface area is 156 Å². The van der Waals surface area contributed by atoms with Crippen LogP contribution in [0.5, 0.6) is 11.5 Å². The van der Waals surface area contributed by atoms with Crippen LogP contribution in [0.3, 0.4) is 0 Å². The molecule has 1 aliphatic rings. The molecule has 0 amide bonds. The highest BCUT2D eigenvalue weighted by Crippen LogP contribution is 2.29. The van der Waals surface area contributed by atoms with Gasteiger partial charge in [-0.25, -0.2) is 4.79 Å². The van der Waals surface area contributed by atoms with Crippen molar-refractivity contribution in [2.24, 2.45) is 5.16 Å². The molecule has 27 heavy (non-hydrogen) atoms. The number of carbonyl (C=O) groups is 1. The molecule has 1 aliphatic heterocycles. The number of hydrogen-bond donors (Lipinski definition) is 0. The largest absolute Gasteiger partial charge is 0.497 e. The summed E-state index contributed by atoms with van der Waals surface area (Å²) in [5.74, 6) is 0.833. The SMILES string of the molecule is COc1ccc(C(=O)O/N=C2/c3ccccc3COc3ccccc32)cc1. The van der Waals surface area contributed by atoms with Crippen LogP contribution in [0.4, 0.5) is 0 Å². The minimum Gasteiger partial charge on any atom is -0.497 e. The number of benzene rings is 3. The van der Waals surface area contributed by atoms with Gasteiger partial charge in [0, 0.05) is 11.1 Å². The Hall–Kier alpha value is -3.60. The molecule has 0 N–H and O–H groups in total. The predicted molar refractivity (Wildman–Crippen MR) is 101 cm³/mol. The number of methoxy groups -OCH3 is 1. The van der Waals surface area contributed by atoms with Crippen LogP contribution >= 0.6 is 0 Å². The van der Waals surface area contributed by atoms with Gasteiger partial charge in [-0.15, -0.1) is 0 Å². The van der Waals surface area contributed by atoms with Gasteiger partial charge in [0.1, 0.15) is 23.8 Å². The fourth-order valence-corrected chi connectivity index (χ4v) is 2.93. The first-order valence-electron chi connectivity index (χ1n) is 8.50. The molecular formula is C22H17NO4. The first kappa shape index (κ1) is 16.8. The molecule has 0 radical (unpaired) electrons. The second-order valence-corrected chi connectivity index (χ2v) is 5.99. The molecule has 0 unspecified atom stereocenters. The van der Waals surface area contributed by atoms with Crippen LogP contribution in [0.15, 0.2) is 78.0 Å². The van der Waals surface area contributed by atoms with E-state index in [1.165, 1.54) is 0 Å². The molecule has 4 rings (SSSR count). The van der Waals surface area contributed by atoms with E-state index in [2.05, 4.69) is 5.16 Å². The second kappa shape index (κ2) is 7.33. The highest BCUT2D eigenvalue weighted by atomic mass is 16.7. The number of rotatable bonds is 3. The molecule has 0 saturated heterocycles. The average Bonchev–Trinajstić information content (AvgIpc) is 2.89. The lowest BCUT2D eigenvalue weighted by Crippen LogP contribution is -2.08. The Bertz CT molecular complexity index is 959. The van der Waals surface area contributed by atoms with Crippen molar-refractivity contribution >= 4 is 11.7 Å². The van der Waals surface area contributed by atoms with Crippen LogP contribution in [0.25, 0.3) is 0 Å². The number of hydrogen-bond acceptors (Lipinski definition) is 5. The fraction of sp³-hybridized carbons (Fsp3) is 0.0909. The summed E-state index contributed by atoms with van der Waals surface area (Å²) >= 11 is 0. The molecule has 5 heteroatoms. The summed E-state index contributed by atoms with van der Waals surface area (Å²) in [6.07, 6.45) is 0. The van der Waals surface area contributed by atoms with E-state index in [0.29, 0.717) is 29.4 Å². The molecule has 0 saturated carbocycles. The van der Waals surface area contributed by atoms with Crippen molar-refractivity contribution in [3.63, 3.8) is 0 Å². The van der Waals surface area contributed by atoms with E-state index in [0.717, 1.165) is 16.7 Å². The number of ether oxygens (including phenoxy) is 2. The van der Waals surface area contributed by atoms with Crippen LogP contribution in [0.1, 0.15) is 27.0 Å². The van der Waals surface area contributed by atoms with Gasteiger partial charge >= 0.3 is 5.97 Å². The Morgan fingerprint density at radius 1 is 0.926 bits per heavy atom. The predicted octanol–water partition coefficient (Wildman–Crippen LogP) is 4.20. The zero-order valence-corrected chi connectivity index (χ0v) is 14.7. The van der Waals surface area contributed by atoms with Crippen LogP contribution in [0.2, 0.25) is 0 Å². The molecule has 1 heterocycles. The van der Waals surface area contributed by atoms with Crippen LogP contribution < -0.4 is 9.47 Å². The number of carbonyl (C=O) groups excluding carboxylic acids is 1. The zero-order chi connectivity index (χ0) is 18.6. The van der Waals surface area contributed by atoms with E-state index in [1.54, 1.807) is 31.4 Å². The molecule has 0 fully saturated rings. The highest BCUT2D eigenvalue weighted by molar-refractivity contribution is 6.15. The molecule has 3 aromatic rings. The van der Waals surface area contributed by atoms with Crippen molar-refractivity contribution in [1.82, 2.24) is 0 Å². The molecule has 5 nitrogen and oxygen atoms in total. The van der Waals surface area contributed by atoms with Crippen LogP contribution in [0, 0.1) is 0 Å². The van der Waals surface area contributed by atoms with Gasteiger partial charge in [-0.1, -0.05) is 41.6 Å². The summed E-state index contributed by atoms with van der Waals surface area (Å²) in [5.41, 5.74) is 3.61. The maximum Gasteiger partial charge on any atom is 0.365 e. The minimum atomic E-state index is -0.537. The maximum atomic E-state index is 12.4. The number of nitrogens with zero attached hydrogens (tertiary/aromatic N) is 1. The van der Waals surface area contributed by atoms with Gasteiger partial charge in [-0.05, 0) is 42.0 Å². The summed E-state index contributed by atoms with van der Waals surface area (Å²) in [6, 6.07) is 22.0. The summed E-state index contributed by atoms with van der Waals surface area (Å²) in [6.45, 7) is 0.429. The van der Waals surface area contributed by atoms with E-state index in [-0.39, 0.29) is 0 Å². The van der Waals surface area contributed by atoms with E-state index in [4.69, 9.17) is 14.3 Å². The fourth-order valence-electron chi connectivity index (χ4n) is 2.93. The lowest BCUT2D eigenvalue weighted by molar-refractivity contribution is 0.0517. The topological polar surface area (TPSA) is 57.1 Å². The average molecular weight is 359 g/mol. The van der Waals surface area contributed by atoms with Crippen LogP contribution in [-0.4, -0.2) is 18.8 Å². The van der Waals surface area contributed by atoms with Gasteiger partial charge in [-0.2, -0.15) is 0 Å². The molecule has 0 aromatic heterocycles. The van der Waals surface area contributed by atoms with E-state index in [9.17, 15) is 4.79 Å². The monoisotopic (exact) mass is 359 g/mol. The minimum absolute atomic E-state index is 0.395. The maximum absolute atomic E-state index is 12.4. The Morgan fingerprint density at radius 3 is 2.41 bits per heavy atom. The van der Waals surface area contributed by atoms with Gasteiger partial charge in [0.15, 0.2) is 0 Å². The molecule has 0 spiro atoms. The summed E-state index contributed by atoms with van der Waals surface area (Å²) in [5, 5.41) is 4.20. The van der Waals surface area contributed by atoms with Gasteiger partial charge < -0.3 is 14.3 Å². The van der Waals surface area contributed by atoms with Crippen molar-refractivity contribution in [3.8, 4) is 11.5 Å². The van der Waals surface area contributed by atoms with Gasteiger partial charge in [-0.3, -0.25) is 0 Å². The molecular weight excluding hydrogens is 342 g/mol. The van der Waals surface area contributed by atoms with Gasteiger partial charge in [0.05, 0.1) is 12.7 Å². The third-order valence-corrected chi connectivity index (χ3v) is 4.34.